The fraction of sp³-hybridized carbons (Fsp3) is 0.406. The van der Waals surface area contributed by atoms with Gasteiger partial charge < -0.3 is 26.0 Å². The average Bonchev–Trinajstić information content (AvgIpc) is 3.42. The van der Waals surface area contributed by atoms with Gasteiger partial charge in [-0.05, 0) is 43.4 Å². The van der Waals surface area contributed by atoms with Crippen molar-refractivity contribution in [2.45, 2.75) is 57.6 Å². The summed E-state index contributed by atoms with van der Waals surface area (Å²) in [7, 11) is 0. The third-order valence-corrected chi connectivity index (χ3v) is 7.55. The molecule has 1 aliphatic heterocycles. The van der Waals surface area contributed by atoms with E-state index >= 15 is 0 Å². The average molecular weight is 575 g/mol. The van der Waals surface area contributed by atoms with Gasteiger partial charge in [0.05, 0.1) is 17.8 Å². The van der Waals surface area contributed by atoms with Crippen LogP contribution in [0, 0.1) is 11.8 Å². The summed E-state index contributed by atoms with van der Waals surface area (Å²) in [5.41, 5.74) is 1.35. The van der Waals surface area contributed by atoms with Crippen LogP contribution in [0.5, 0.6) is 0 Å². The molecule has 0 bridgehead atoms. The predicted octanol–water partition coefficient (Wildman–Crippen LogP) is 3.25. The van der Waals surface area contributed by atoms with E-state index in [9.17, 15) is 24.0 Å². The van der Waals surface area contributed by atoms with Crippen molar-refractivity contribution in [2.75, 3.05) is 18.4 Å². The van der Waals surface area contributed by atoms with Gasteiger partial charge in [-0.1, -0.05) is 67.8 Å². The first-order valence-corrected chi connectivity index (χ1v) is 14.5. The molecule has 2 aromatic rings. The monoisotopic (exact) mass is 574 g/mol. The summed E-state index contributed by atoms with van der Waals surface area (Å²) in [6.45, 7) is 0.470. The normalized spacial score (nSPS) is 17.7. The number of benzene rings is 2. The van der Waals surface area contributed by atoms with E-state index in [1.165, 1.54) is 12.2 Å². The lowest BCUT2D eigenvalue weighted by Gasteiger charge is -2.21. The molecule has 42 heavy (non-hydrogen) atoms. The summed E-state index contributed by atoms with van der Waals surface area (Å²) >= 11 is 0. The highest BCUT2D eigenvalue weighted by atomic mass is 16.5. The largest absolute Gasteiger partial charge is 0.458 e. The highest BCUT2D eigenvalue weighted by Crippen LogP contribution is 2.23. The highest BCUT2D eigenvalue weighted by molar-refractivity contribution is 6.04. The molecule has 4 rings (SSSR count). The Morgan fingerprint density at radius 2 is 1.69 bits per heavy atom. The quantitative estimate of drug-likeness (QED) is 0.226. The molecule has 222 valence electrons. The zero-order valence-electron chi connectivity index (χ0n) is 23.6. The molecule has 4 amide bonds. The molecule has 10 nitrogen and oxygen atoms in total. The van der Waals surface area contributed by atoms with Crippen molar-refractivity contribution in [1.29, 1.82) is 0 Å². The number of hydrogen-bond donors (Lipinski definition) is 4. The molecule has 1 saturated heterocycles. The molecule has 1 unspecified atom stereocenters. The van der Waals surface area contributed by atoms with E-state index in [0.29, 0.717) is 19.4 Å². The minimum atomic E-state index is -0.644. The molecule has 0 spiro atoms. The predicted molar refractivity (Wildman–Crippen MR) is 157 cm³/mol. The van der Waals surface area contributed by atoms with Crippen LogP contribution in [-0.4, -0.2) is 48.7 Å². The van der Waals surface area contributed by atoms with Gasteiger partial charge in [0.15, 0.2) is 0 Å². The molecular weight excluding hydrogens is 536 g/mol. The van der Waals surface area contributed by atoms with Gasteiger partial charge in [0.2, 0.25) is 17.7 Å². The number of carbonyl (C=O) groups is 5. The molecule has 0 aromatic heterocycles. The second kappa shape index (κ2) is 15.5. The smallest absolute Gasteiger partial charge is 0.330 e. The highest BCUT2D eigenvalue weighted by Gasteiger charge is 2.28. The van der Waals surface area contributed by atoms with Crippen molar-refractivity contribution in [1.82, 2.24) is 16.0 Å². The van der Waals surface area contributed by atoms with E-state index in [4.69, 9.17) is 4.74 Å². The molecule has 2 aromatic carbocycles. The maximum Gasteiger partial charge on any atom is 0.330 e. The molecule has 1 aliphatic carbocycles. The number of amides is 4. The Morgan fingerprint density at radius 1 is 0.952 bits per heavy atom. The van der Waals surface area contributed by atoms with Crippen LogP contribution in [-0.2, 0) is 30.5 Å². The van der Waals surface area contributed by atoms with Crippen molar-refractivity contribution >= 4 is 35.3 Å². The fourth-order valence-electron chi connectivity index (χ4n) is 5.24. The van der Waals surface area contributed by atoms with Crippen LogP contribution < -0.4 is 21.3 Å². The fourth-order valence-corrected chi connectivity index (χ4v) is 5.24. The molecule has 4 N–H and O–H groups in total. The number of esters is 1. The molecule has 2 aliphatic rings. The van der Waals surface area contributed by atoms with Gasteiger partial charge in [-0.3, -0.25) is 19.2 Å². The second-order valence-corrected chi connectivity index (χ2v) is 10.7. The number of hydrogen-bond acceptors (Lipinski definition) is 6. The number of carbonyl (C=O) groups excluding carboxylic acids is 5. The summed E-state index contributed by atoms with van der Waals surface area (Å²) in [5.74, 6) is -2.10. The lowest BCUT2D eigenvalue weighted by Crippen LogP contribution is -2.38. The van der Waals surface area contributed by atoms with Crippen molar-refractivity contribution in [3.8, 4) is 0 Å². The van der Waals surface area contributed by atoms with Gasteiger partial charge in [0, 0.05) is 30.5 Å². The van der Waals surface area contributed by atoms with E-state index in [1.807, 2.05) is 30.3 Å². The number of ether oxygens (including phenoxy) is 1. The Balaban J connectivity index is 1.37. The van der Waals surface area contributed by atoms with Gasteiger partial charge in [0.1, 0.15) is 6.61 Å². The van der Waals surface area contributed by atoms with E-state index in [-0.39, 0.29) is 48.1 Å². The van der Waals surface area contributed by atoms with Crippen molar-refractivity contribution < 1.29 is 28.7 Å². The van der Waals surface area contributed by atoms with Crippen LogP contribution in [0.2, 0.25) is 0 Å². The third kappa shape index (κ3) is 9.29. The Kier molecular flexibility index (Phi) is 11.3. The maximum atomic E-state index is 13.4. The summed E-state index contributed by atoms with van der Waals surface area (Å²) in [4.78, 5) is 63.0. The first-order chi connectivity index (χ1) is 20.4. The molecule has 1 saturated carbocycles. The Hall–Kier alpha value is -4.47. The first kappa shape index (κ1) is 30.5. The van der Waals surface area contributed by atoms with E-state index in [2.05, 4.69) is 21.3 Å². The van der Waals surface area contributed by atoms with Gasteiger partial charge in [-0.25, -0.2) is 4.79 Å². The first-order valence-electron chi connectivity index (χ1n) is 14.5. The molecule has 2 fully saturated rings. The van der Waals surface area contributed by atoms with Crippen LogP contribution in [0.4, 0.5) is 5.69 Å². The van der Waals surface area contributed by atoms with Crippen LogP contribution >= 0.6 is 0 Å². The lowest BCUT2D eigenvalue weighted by molar-refractivity contribution is -0.139. The topological polar surface area (TPSA) is 143 Å². The number of nitrogens with one attached hydrogen (secondary N) is 4. The van der Waals surface area contributed by atoms with Crippen molar-refractivity contribution in [3.63, 3.8) is 0 Å². The third-order valence-electron chi connectivity index (χ3n) is 7.55. The minimum absolute atomic E-state index is 0.0628. The summed E-state index contributed by atoms with van der Waals surface area (Å²) in [6, 6.07) is 15.2. The number of rotatable bonds is 12. The summed E-state index contributed by atoms with van der Waals surface area (Å²) < 4.78 is 5.31. The number of anilines is 1. The molecule has 0 radical (unpaired) electrons. The van der Waals surface area contributed by atoms with Crippen LogP contribution in [0.1, 0.15) is 60.9 Å². The standard InChI is InChI=1S/C32H38N4O6/c37-28(20-34-30(39)23-11-5-2-6-12-23)36-27-14-8-7-13-26(27)32(41)35-25(19-24-17-18-33-31(24)40)15-16-29(38)42-21-22-9-3-1-4-10-22/h1,3-4,7-10,13-16,23-25H,2,5-6,11-12,17-21H2,(H,33,40)(H,34,39)(H,35,41)(H,36,37)/b16-15+/t24?,25-/m1/s1. The molecular formula is C32H38N4O6. The number of para-hydroxylation sites is 1. The Labute approximate surface area is 245 Å². The molecule has 2 atom stereocenters. The summed E-state index contributed by atoms with van der Waals surface area (Å²) in [5, 5.41) is 11.1. The zero-order valence-corrected chi connectivity index (χ0v) is 23.6. The summed E-state index contributed by atoms with van der Waals surface area (Å²) in [6.07, 6.45) is 8.53. The van der Waals surface area contributed by atoms with Gasteiger partial charge in [-0.15, -0.1) is 0 Å². The van der Waals surface area contributed by atoms with Crippen LogP contribution in [0.3, 0.4) is 0 Å². The maximum absolute atomic E-state index is 13.4. The van der Waals surface area contributed by atoms with E-state index in [0.717, 1.165) is 37.7 Å². The van der Waals surface area contributed by atoms with Gasteiger partial charge in [-0.2, -0.15) is 0 Å². The van der Waals surface area contributed by atoms with Crippen molar-refractivity contribution in [2.24, 2.45) is 11.8 Å². The lowest BCUT2D eigenvalue weighted by atomic mass is 9.89. The van der Waals surface area contributed by atoms with Gasteiger partial charge >= 0.3 is 5.97 Å². The molecule has 10 heteroatoms. The van der Waals surface area contributed by atoms with Crippen LogP contribution in [0.15, 0.2) is 66.7 Å². The van der Waals surface area contributed by atoms with Crippen LogP contribution in [0.25, 0.3) is 0 Å². The second-order valence-electron chi connectivity index (χ2n) is 10.7. The van der Waals surface area contributed by atoms with E-state index in [1.54, 1.807) is 24.3 Å². The molecule has 1 heterocycles. The van der Waals surface area contributed by atoms with Gasteiger partial charge in [0.25, 0.3) is 5.91 Å². The zero-order chi connectivity index (χ0) is 29.7. The Bertz CT molecular complexity index is 1290. The van der Waals surface area contributed by atoms with E-state index < -0.39 is 23.8 Å². The minimum Gasteiger partial charge on any atom is -0.458 e. The van der Waals surface area contributed by atoms with Crippen molar-refractivity contribution in [3.05, 3.63) is 77.9 Å². The SMILES string of the molecule is O=C(CNC(=O)C1CCCCC1)Nc1ccccc1C(=O)N[C@H](/C=C/C(=O)OCc1ccccc1)CC1CCNC1=O. The Morgan fingerprint density at radius 3 is 2.43 bits per heavy atom.